The Morgan fingerprint density at radius 2 is 1.46 bits per heavy atom. The first-order chi connectivity index (χ1) is 12.7. The summed E-state index contributed by atoms with van der Waals surface area (Å²) >= 11 is 0. The van der Waals surface area contributed by atoms with Gasteiger partial charge in [0.15, 0.2) is 17.6 Å². The Hall–Kier alpha value is -3.20. The molecule has 0 bridgehead atoms. The molecule has 0 atom stereocenters. The van der Waals surface area contributed by atoms with Gasteiger partial charge in [-0.1, -0.05) is 72.8 Å². The van der Waals surface area contributed by atoms with E-state index in [0.717, 1.165) is 29.0 Å². The number of para-hydroxylation sites is 2. The van der Waals surface area contributed by atoms with Crippen LogP contribution in [0.5, 0.6) is 0 Å². The van der Waals surface area contributed by atoms with Crippen molar-refractivity contribution >= 4 is 16.8 Å². The van der Waals surface area contributed by atoms with Gasteiger partial charge in [-0.2, -0.15) is 0 Å². The second-order valence-corrected chi connectivity index (χ2v) is 6.48. The second kappa shape index (κ2) is 6.96. The van der Waals surface area contributed by atoms with Gasteiger partial charge in [0.05, 0.1) is 0 Å². The molecule has 1 heterocycles. The lowest BCUT2D eigenvalue weighted by Crippen LogP contribution is -2.37. The van der Waals surface area contributed by atoms with Gasteiger partial charge in [-0.25, -0.2) is 9.13 Å². The standard InChI is InChI=1S/C23H21N2O/c1-18-24(16-19-10-4-2-5-11-19)21-14-8-9-15-22(21)25(18)17-23(26)20-12-6-3-7-13-20/h2-15H,16-17H2,1H3/q+1. The van der Waals surface area contributed by atoms with Gasteiger partial charge in [-0.3, -0.25) is 4.79 Å². The van der Waals surface area contributed by atoms with Gasteiger partial charge in [0.2, 0.25) is 5.78 Å². The molecule has 3 nitrogen and oxygen atoms in total. The molecular formula is C23H21N2O+. The number of ketones is 1. The van der Waals surface area contributed by atoms with Crippen LogP contribution in [0.25, 0.3) is 11.0 Å². The van der Waals surface area contributed by atoms with E-state index in [1.807, 2.05) is 48.5 Å². The highest BCUT2D eigenvalue weighted by molar-refractivity contribution is 5.96. The van der Waals surface area contributed by atoms with E-state index < -0.39 is 0 Å². The van der Waals surface area contributed by atoms with Crippen molar-refractivity contribution in [2.45, 2.75) is 20.0 Å². The first kappa shape index (κ1) is 16.3. The highest BCUT2D eigenvalue weighted by Crippen LogP contribution is 2.16. The third-order valence-electron chi connectivity index (χ3n) is 4.83. The monoisotopic (exact) mass is 341 g/mol. The lowest BCUT2D eigenvalue weighted by molar-refractivity contribution is -0.669. The Morgan fingerprint density at radius 3 is 2.19 bits per heavy atom. The van der Waals surface area contributed by atoms with Crippen molar-refractivity contribution in [3.8, 4) is 0 Å². The molecule has 26 heavy (non-hydrogen) atoms. The number of carbonyl (C=O) groups excluding carboxylic acids is 1. The van der Waals surface area contributed by atoms with E-state index in [-0.39, 0.29) is 5.78 Å². The highest BCUT2D eigenvalue weighted by atomic mass is 16.1. The number of rotatable bonds is 5. The number of carbonyl (C=O) groups is 1. The van der Waals surface area contributed by atoms with Crippen LogP contribution in [0.3, 0.4) is 0 Å². The van der Waals surface area contributed by atoms with Gasteiger partial charge in [-0.15, -0.1) is 0 Å². The highest BCUT2D eigenvalue weighted by Gasteiger charge is 2.23. The maximum absolute atomic E-state index is 12.7. The third kappa shape index (κ3) is 3.04. The average Bonchev–Trinajstić information content (AvgIpc) is 2.95. The van der Waals surface area contributed by atoms with Gasteiger partial charge in [-0.05, 0) is 17.7 Å². The Morgan fingerprint density at radius 1 is 0.846 bits per heavy atom. The van der Waals surface area contributed by atoms with Crippen molar-refractivity contribution in [1.29, 1.82) is 0 Å². The zero-order valence-corrected chi connectivity index (χ0v) is 14.8. The summed E-state index contributed by atoms with van der Waals surface area (Å²) in [5.74, 6) is 1.21. The Balaban J connectivity index is 1.76. The molecule has 0 saturated carbocycles. The van der Waals surface area contributed by atoms with Crippen LogP contribution in [0, 0.1) is 6.92 Å². The summed E-state index contributed by atoms with van der Waals surface area (Å²) in [5, 5.41) is 0. The molecule has 0 fully saturated rings. The number of hydrogen-bond acceptors (Lipinski definition) is 1. The molecule has 3 aromatic carbocycles. The van der Waals surface area contributed by atoms with Crippen LogP contribution in [0.15, 0.2) is 84.9 Å². The van der Waals surface area contributed by atoms with Crippen LogP contribution >= 0.6 is 0 Å². The maximum Gasteiger partial charge on any atom is 0.254 e. The van der Waals surface area contributed by atoms with Crippen molar-refractivity contribution < 1.29 is 9.36 Å². The van der Waals surface area contributed by atoms with Gasteiger partial charge in [0, 0.05) is 12.5 Å². The number of benzene rings is 3. The number of aromatic nitrogens is 2. The summed E-state index contributed by atoms with van der Waals surface area (Å²) in [6.07, 6.45) is 0. The van der Waals surface area contributed by atoms with Crippen LogP contribution in [-0.4, -0.2) is 10.4 Å². The van der Waals surface area contributed by atoms with E-state index in [0.29, 0.717) is 6.54 Å². The van der Waals surface area contributed by atoms with E-state index in [1.54, 1.807) is 0 Å². The van der Waals surface area contributed by atoms with E-state index >= 15 is 0 Å². The predicted octanol–water partition coefficient (Wildman–Crippen LogP) is 4.17. The van der Waals surface area contributed by atoms with E-state index in [2.05, 4.69) is 52.5 Å². The summed E-state index contributed by atoms with van der Waals surface area (Å²) in [4.78, 5) is 12.7. The molecule has 4 rings (SSSR count). The fraction of sp³-hybridized carbons (Fsp3) is 0.130. The summed E-state index contributed by atoms with van der Waals surface area (Å²) in [7, 11) is 0. The summed E-state index contributed by atoms with van der Waals surface area (Å²) in [6.45, 7) is 3.22. The lowest BCUT2D eigenvalue weighted by atomic mass is 10.1. The molecule has 0 amide bonds. The first-order valence-corrected chi connectivity index (χ1v) is 8.84. The van der Waals surface area contributed by atoms with E-state index in [4.69, 9.17) is 0 Å². The van der Waals surface area contributed by atoms with Gasteiger partial charge in [0.25, 0.3) is 5.82 Å². The van der Waals surface area contributed by atoms with Gasteiger partial charge in [0.1, 0.15) is 6.54 Å². The molecule has 0 radical (unpaired) electrons. The number of imidazole rings is 1. The average molecular weight is 341 g/mol. The van der Waals surface area contributed by atoms with Crippen LogP contribution in [0.1, 0.15) is 21.7 Å². The SMILES string of the molecule is Cc1n(CC(=O)c2ccccc2)c2ccccc2[n+]1Cc1ccccc1. The zero-order chi connectivity index (χ0) is 17.9. The quantitative estimate of drug-likeness (QED) is 0.395. The van der Waals surface area contributed by atoms with Gasteiger partial charge < -0.3 is 0 Å². The maximum atomic E-state index is 12.7. The largest absolute Gasteiger partial charge is 0.290 e. The van der Waals surface area contributed by atoms with Crippen LogP contribution in [0.2, 0.25) is 0 Å². The van der Waals surface area contributed by atoms with Crippen molar-refractivity contribution in [2.75, 3.05) is 0 Å². The predicted molar refractivity (Wildman–Crippen MR) is 103 cm³/mol. The summed E-state index contributed by atoms with van der Waals surface area (Å²) in [6, 6.07) is 28.2. The molecule has 0 aliphatic carbocycles. The van der Waals surface area contributed by atoms with Crippen molar-refractivity contribution in [3.63, 3.8) is 0 Å². The molecule has 0 aliphatic rings. The second-order valence-electron chi connectivity index (χ2n) is 6.48. The van der Waals surface area contributed by atoms with Crippen LogP contribution in [-0.2, 0) is 13.1 Å². The molecule has 0 spiro atoms. The molecule has 128 valence electrons. The molecule has 4 aromatic rings. The zero-order valence-electron chi connectivity index (χ0n) is 14.8. The fourth-order valence-electron chi connectivity index (χ4n) is 3.44. The van der Waals surface area contributed by atoms with E-state index in [1.165, 1.54) is 5.56 Å². The minimum absolute atomic E-state index is 0.126. The molecule has 0 aliphatic heterocycles. The Bertz CT molecular complexity index is 1050. The van der Waals surface area contributed by atoms with Crippen LogP contribution in [0.4, 0.5) is 0 Å². The van der Waals surface area contributed by atoms with Crippen molar-refractivity contribution in [1.82, 2.24) is 4.57 Å². The molecule has 3 heteroatoms. The molecular weight excluding hydrogens is 320 g/mol. The number of hydrogen-bond donors (Lipinski definition) is 0. The van der Waals surface area contributed by atoms with Crippen molar-refractivity contribution in [3.05, 3.63) is 102 Å². The smallest absolute Gasteiger partial charge is 0.254 e. The Kier molecular flexibility index (Phi) is 4.36. The Labute approximate surface area is 153 Å². The number of fused-ring (bicyclic) bond motifs is 1. The molecule has 0 N–H and O–H groups in total. The lowest BCUT2D eigenvalue weighted by Gasteiger charge is -2.02. The topological polar surface area (TPSA) is 25.9 Å². The van der Waals surface area contributed by atoms with E-state index in [9.17, 15) is 4.79 Å². The minimum atomic E-state index is 0.126. The van der Waals surface area contributed by atoms with Crippen molar-refractivity contribution in [2.24, 2.45) is 0 Å². The third-order valence-corrected chi connectivity index (χ3v) is 4.83. The van der Waals surface area contributed by atoms with Crippen LogP contribution < -0.4 is 4.57 Å². The minimum Gasteiger partial charge on any atom is -0.290 e. The number of Topliss-reactive ketones (excluding diaryl/α,β-unsaturated/α-hetero) is 1. The van der Waals surface area contributed by atoms with Gasteiger partial charge >= 0.3 is 0 Å². The number of nitrogens with zero attached hydrogens (tertiary/aromatic N) is 2. The fourth-order valence-corrected chi connectivity index (χ4v) is 3.44. The molecule has 0 unspecified atom stereocenters. The summed E-state index contributed by atoms with van der Waals surface area (Å²) in [5.41, 5.74) is 4.23. The summed E-state index contributed by atoms with van der Waals surface area (Å²) < 4.78 is 4.40. The first-order valence-electron chi connectivity index (χ1n) is 8.84. The normalized spacial score (nSPS) is 11.0. The molecule has 0 saturated heterocycles. The molecule has 1 aromatic heterocycles.